The minimum absolute atomic E-state index is 0.248. The summed E-state index contributed by atoms with van der Waals surface area (Å²) in [5, 5.41) is 2.56. The monoisotopic (exact) mass is 751 g/mol. The van der Waals surface area contributed by atoms with Crippen LogP contribution in [0.25, 0.3) is 60.9 Å². The van der Waals surface area contributed by atoms with Crippen molar-refractivity contribution < 1.29 is 0 Å². The SMILES string of the molecule is c1ccc(C(CCc2ccc(-c3ccc4c(c3)c3ccccc3n4-c3ccccc3)cc2)c2ccc3c(c2)C2(c4ccccc4-c4ccccc42)c2ccccc2-3)cc1. The molecular weight excluding hydrogens is 711 g/mol. The van der Waals surface area contributed by atoms with Gasteiger partial charge in [0.05, 0.1) is 16.4 Å². The number of rotatable bonds is 7. The van der Waals surface area contributed by atoms with Crippen LogP contribution in [0.1, 0.15) is 51.3 Å². The Bertz CT molecular complexity index is 3140. The zero-order valence-corrected chi connectivity index (χ0v) is 32.7. The van der Waals surface area contributed by atoms with Crippen molar-refractivity contribution >= 4 is 21.8 Å². The highest BCUT2D eigenvalue weighted by molar-refractivity contribution is 6.10. The van der Waals surface area contributed by atoms with Crippen molar-refractivity contribution in [3.8, 4) is 39.1 Å². The minimum Gasteiger partial charge on any atom is -0.309 e. The van der Waals surface area contributed by atoms with Crippen LogP contribution in [0.15, 0.2) is 218 Å². The fourth-order valence-electron chi connectivity index (χ4n) is 10.7. The summed E-state index contributed by atoms with van der Waals surface area (Å²) in [6.07, 6.45) is 2.00. The van der Waals surface area contributed by atoms with Crippen molar-refractivity contribution in [2.45, 2.75) is 24.2 Å². The summed E-state index contributed by atoms with van der Waals surface area (Å²) in [5.41, 5.74) is 20.9. The van der Waals surface area contributed by atoms with Crippen LogP contribution in [-0.4, -0.2) is 4.57 Å². The second-order valence-electron chi connectivity index (χ2n) is 16.3. The molecule has 0 bridgehead atoms. The fraction of sp³-hybridized carbons (Fsp3) is 0.0690. The minimum atomic E-state index is -0.342. The largest absolute Gasteiger partial charge is 0.309 e. The number of fused-ring (bicyclic) bond motifs is 13. The third-order valence-electron chi connectivity index (χ3n) is 13.3. The Hall–Kier alpha value is -7.22. The van der Waals surface area contributed by atoms with Gasteiger partial charge in [-0.3, -0.25) is 0 Å². The first-order valence-electron chi connectivity index (χ1n) is 20.9. The van der Waals surface area contributed by atoms with E-state index in [0.29, 0.717) is 0 Å². The van der Waals surface area contributed by atoms with Gasteiger partial charge in [0, 0.05) is 22.4 Å². The average molecular weight is 752 g/mol. The van der Waals surface area contributed by atoms with Crippen LogP contribution in [0.2, 0.25) is 0 Å². The lowest BCUT2D eigenvalue weighted by molar-refractivity contribution is 0.710. The molecule has 1 heterocycles. The van der Waals surface area contributed by atoms with Crippen LogP contribution in [-0.2, 0) is 11.8 Å². The molecular formula is C58H41N. The van der Waals surface area contributed by atoms with Crippen molar-refractivity contribution in [1.29, 1.82) is 0 Å². The van der Waals surface area contributed by atoms with Crippen molar-refractivity contribution in [3.63, 3.8) is 0 Å². The highest BCUT2D eigenvalue weighted by Gasteiger charge is 2.51. The maximum absolute atomic E-state index is 2.57. The van der Waals surface area contributed by atoms with E-state index in [0.717, 1.165) is 12.8 Å². The quantitative estimate of drug-likeness (QED) is 0.153. The van der Waals surface area contributed by atoms with Gasteiger partial charge in [-0.15, -0.1) is 0 Å². The predicted molar refractivity (Wildman–Crippen MR) is 246 cm³/mol. The van der Waals surface area contributed by atoms with Crippen LogP contribution in [0, 0.1) is 0 Å². The summed E-state index contributed by atoms with van der Waals surface area (Å²) in [4.78, 5) is 0. The topological polar surface area (TPSA) is 4.93 Å². The Labute approximate surface area is 345 Å². The van der Waals surface area contributed by atoms with Gasteiger partial charge >= 0.3 is 0 Å². The first-order chi connectivity index (χ1) is 29.3. The number of hydrogen-bond donors (Lipinski definition) is 0. The van der Waals surface area contributed by atoms with E-state index in [-0.39, 0.29) is 11.3 Å². The van der Waals surface area contributed by atoms with E-state index in [9.17, 15) is 0 Å². The van der Waals surface area contributed by atoms with Crippen LogP contribution >= 0.6 is 0 Å². The van der Waals surface area contributed by atoms with Gasteiger partial charge in [-0.05, 0) is 115 Å². The third kappa shape index (κ3) is 5.11. The Morgan fingerprint density at radius 2 is 0.915 bits per heavy atom. The van der Waals surface area contributed by atoms with Gasteiger partial charge < -0.3 is 4.57 Å². The van der Waals surface area contributed by atoms with E-state index < -0.39 is 0 Å². The van der Waals surface area contributed by atoms with Crippen LogP contribution in [0.5, 0.6) is 0 Å². The van der Waals surface area contributed by atoms with E-state index in [4.69, 9.17) is 0 Å². The van der Waals surface area contributed by atoms with Crippen molar-refractivity contribution in [3.05, 3.63) is 257 Å². The molecule has 1 atom stereocenters. The second kappa shape index (κ2) is 13.4. The first kappa shape index (κ1) is 33.9. The highest BCUT2D eigenvalue weighted by Crippen LogP contribution is 2.63. The molecule has 0 saturated carbocycles. The molecule has 1 unspecified atom stereocenters. The summed E-state index contributed by atoms with van der Waals surface area (Å²) in [6.45, 7) is 0. The molecule has 1 spiro atoms. The molecule has 1 aromatic heterocycles. The highest BCUT2D eigenvalue weighted by atomic mass is 15.0. The molecule has 2 aliphatic rings. The number of nitrogens with zero attached hydrogens (tertiary/aromatic N) is 1. The Kier molecular flexibility index (Phi) is 7.71. The van der Waals surface area contributed by atoms with Crippen molar-refractivity contribution in [2.24, 2.45) is 0 Å². The average Bonchev–Trinajstić information content (AvgIpc) is 3.91. The van der Waals surface area contributed by atoms with E-state index in [1.54, 1.807) is 0 Å². The molecule has 59 heavy (non-hydrogen) atoms. The summed E-state index contributed by atoms with van der Waals surface area (Å²) >= 11 is 0. The van der Waals surface area contributed by atoms with Crippen molar-refractivity contribution in [2.75, 3.05) is 0 Å². The van der Waals surface area contributed by atoms with Crippen LogP contribution < -0.4 is 0 Å². The lowest BCUT2D eigenvalue weighted by atomic mass is 9.70. The number of benzene rings is 9. The van der Waals surface area contributed by atoms with Gasteiger partial charge in [0.15, 0.2) is 0 Å². The third-order valence-corrected chi connectivity index (χ3v) is 13.3. The number of hydrogen-bond acceptors (Lipinski definition) is 0. The van der Waals surface area contributed by atoms with Crippen LogP contribution in [0.3, 0.4) is 0 Å². The Balaban J connectivity index is 0.900. The lowest BCUT2D eigenvalue weighted by Gasteiger charge is -2.31. The maximum atomic E-state index is 2.57. The molecule has 1 heteroatoms. The van der Waals surface area contributed by atoms with Gasteiger partial charge in [-0.2, -0.15) is 0 Å². The van der Waals surface area contributed by atoms with Gasteiger partial charge in [0.2, 0.25) is 0 Å². The maximum Gasteiger partial charge on any atom is 0.0725 e. The van der Waals surface area contributed by atoms with Crippen molar-refractivity contribution in [1.82, 2.24) is 4.57 Å². The van der Waals surface area contributed by atoms with E-state index >= 15 is 0 Å². The fourth-order valence-corrected chi connectivity index (χ4v) is 10.7. The smallest absolute Gasteiger partial charge is 0.0725 e. The van der Waals surface area contributed by atoms with Gasteiger partial charge in [-0.25, -0.2) is 0 Å². The predicted octanol–water partition coefficient (Wildman–Crippen LogP) is 14.6. The molecule has 0 saturated heterocycles. The van der Waals surface area contributed by atoms with E-state index in [2.05, 4.69) is 223 Å². The molecule has 0 amide bonds. The first-order valence-corrected chi connectivity index (χ1v) is 20.9. The van der Waals surface area contributed by atoms with Crippen LogP contribution in [0.4, 0.5) is 0 Å². The summed E-state index contributed by atoms with van der Waals surface area (Å²) < 4.78 is 2.38. The van der Waals surface area contributed by atoms with Gasteiger partial charge in [-0.1, -0.05) is 188 Å². The Morgan fingerprint density at radius 3 is 1.59 bits per heavy atom. The normalized spacial score (nSPS) is 13.6. The summed E-state index contributed by atoms with van der Waals surface area (Å²) in [6, 6.07) is 81.5. The lowest BCUT2D eigenvalue weighted by Crippen LogP contribution is -2.26. The Morgan fingerprint density at radius 1 is 0.373 bits per heavy atom. The second-order valence-corrected chi connectivity index (χ2v) is 16.3. The number of aromatic nitrogens is 1. The number of aryl methyl sites for hydroxylation is 1. The zero-order chi connectivity index (χ0) is 38.9. The molecule has 12 rings (SSSR count). The molecule has 10 aromatic rings. The standard InChI is InChI=1S/C58H41N/c1-3-15-41(16-4-1)45(43-32-35-49-48-21-9-13-25-54(48)58(55(49)38-43)52-23-11-7-19-46(52)47-20-8-12-24-53(47)58)34-29-39-27-30-40(31-28-39)42-33-36-57-51(37-42)50-22-10-14-26-56(50)59(57)44-17-5-2-6-18-44/h1-28,30-33,35-38,45H,29,34H2. The molecule has 9 aromatic carbocycles. The van der Waals surface area contributed by atoms with E-state index in [1.165, 1.54) is 99.8 Å². The molecule has 0 N–H and O–H groups in total. The van der Waals surface area contributed by atoms with E-state index in [1.807, 2.05) is 0 Å². The molecule has 1 nitrogen and oxygen atoms in total. The molecule has 278 valence electrons. The zero-order valence-electron chi connectivity index (χ0n) is 32.7. The molecule has 0 fully saturated rings. The molecule has 0 radical (unpaired) electrons. The van der Waals surface area contributed by atoms with Gasteiger partial charge in [0.25, 0.3) is 0 Å². The summed E-state index contributed by atoms with van der Waals surface area (Å²) in [7, 11) is 0. The van der Waals surface area contributed by atoms with Gasteiger partial charge in [0.1, 0.15) is 0 Å². The molecule has 0 aliphatic heterocycles. The summed E-state index contributed by atoms with van der Waals surface area (Å²) in [5.74, 6) is 0.248. The number of para-hydroxylation sites is 2. The molecule has 2 aliphatic carbocycles.